The van der Waals surface area contributed by atoms with Gasteiger partial charge >= 0.3 is 0 Å². The fourth-order valence-corrected chi connectivity index (χ4v) is 4.25. The van der Waals surface area contributed by atoms with Crippen molar-refractivity contribution < 1.29 is 23.2 Å². The van der Waals surface area contributed by atoms with Crippen LogP contribution in [-0.4, -0.2) is 71.7 Å². The van der Waals surface area contributed by atoms with Crippen molar-refractivity contribution in [2.45, 2.75) is 19.8 Å². The zero-order chi connectivity index (χ0) is 20.8. The summed E-state index contributed by atoms with van der Waals surface area (Å²) >= 11 is 0. The summed E-state index contributed by atoms with van der Waals surface area (Å²) in [6, 6.07) is 4.50. The van der Waals surface area contributed by atoms with Crippen LogP contribution in [0.2, 0.25) is 0 Å². The summed E-state index contributed by atoms with van der Waals surface area (Å²) in [7, 11) is 1.48. The van der Waals surface area contributed by atoms with Gasteiger partial charge in [0.05, 0.1) is 5.92 Å². The van der Waals surface area contributed by atoms with Crippen molar-refractivity contribution >= 4 is 11.8 Å². The van der Waals surface area contributed by atoms with E-state index in [4.69, 9.17) is 9.26 Å². The van der Waals surface area contributed by atoms with Gasteiger partial charge in [0, 0.05) is 44.3 Å². The van der Waals surface area contributed by atoms with Gasteiger partial charge in [-0.15, -0.1) is 0 Å². The average molecular weight is 402 g/mol. The molecule has 4 rings (SSSR count). The second-order valence-corrected chi connectivity index (χ2v) is 7.93. The van der Waals surface area contributed by atoms with Gasteiger partial charge in [-0.2, -0.15) is 4.98 Å². The fourth-order valence-electron chi connectivity index (χ4n) is 4.25. The van der Waals surface area contributed by atoms with Crippen LogP contribution in [0.5, 0.6) is 0 Å². The van der Waals surface area contributed by atoms with Crippen LogP contribution < -0.4 is 0 Å². The number of amides is 2. The third kappa shape index (κ3) is 3.39. The van der Waals surface area contributed by atoms with Crippen molar-refractivity contribution in [1.29, 1.82) is 0 Å². The van der Waals surface area contributed by atoms with E-state index in [-0.39, 0.29) is 29.8 Å². The van der Waals surface area contributed by atoms with Crippen LogP contribution >= 0.6 is 0 Å². The van der Waals surface area contributed by atoms with Gasteiger partial charge in [0.15, 0.2) is 5.82 Å². The first kappa shape index (κ1) is 19.5. The van der Waals surface area contributed by atoms with Crippen molar-refractivity contribution in [2.24, 2.45) is 5.41 Å². The summed E-state index contributed by atoms with van der Waals surface area (Å²) in [5.74, 6) is 0.0985. The SMILES string of the molecule is COCC(=O)N1CC(c2nc(C)no2)C2(C1)CN(C(=O)c1ccc(C)c(F)c1)C2. The molecule has 8 nitrogen and oxygen atoms in total. The predicted molar refractivity (Wildman–Crippen MR) is 99.7 cm³/mol. The van der Waals surface area contributed by atoms with E-state index in [2.05, 4.69) is 10.1 Å². The van der Waals surface area contributed by atoms with Gasteiger partial charge in [-0.25, -0.2) is 4.39 Å². The number of methoxy groups -OCH3 is 1. The van der Waals surface area contributed by atoms with Crippen molar-refractivity contribution in [3.63, 3.8) is 0 Å². The van der Waals surface area contributed by atoms with E-state index < -0.39 is 5.82 Å². The highest BCUT2D eigenvalue weighted by atomic mass is 19.1. The molecule has 0 aliphatic carbocycles. The van der Waals surface area contributed by atoms with Gasteiger partial charge in [0.2, 0.25) is 11.8 Å². The molecule has 9 heteroatoms. The first-order valence-corrected chi connectivity index (χ1v) is 9.45. The smallest absolute Gasteiger partial charge is 0.253 e. The molecule has 29 heavy (non-hydrogen) atoms. The molecule has 2 amide bonds. The molecule has 1 aromatic carbocycles. The largest absolute Gasteiger partial charge is 0.375 e. The van der Waals surface area contributed by atoms with Gasteiger partial charge in [0.1, 0.15) is 12.4 Å². The highest BCUT2D eigenvalue weighted by Gasteiger charge is 2.58. The lowest BCUT2D eigenvalue weighted by molar-refractivity contribution is -0.134. The Kier molecular flexibility index (Phi) is 4.85. The standard InChI is InChI=1S/C20H23FN4O4/c1-12-4-5-14(6-16(12)21)19(27)25-10-20(11-25)9-24(17(26)8-28-3)7-15(20)18-22-13(2)23-29-18/h4-6,15H,7-11H2,1-3H3. The number of aryl methyl sites for hydroxylation is 2. The van der Waals surface area contributed by atoms with E-state index in [9.17, 15) is 14.0 Å². The third-order valence-corrected chi connectivity index (χ3v) is 5.83. The normalized spacial score (nSPS) is 20.2. The topological polar surface area (TPSA) is 88.8 Å². The van der Waals surface area contributed by atoms with E-state index in [0.717, 1.165) is 0 Å². The molecule has 3 heterocycles. The van der Waals surface area contributed by atoms with Gasteiger partial charge in [-0.1, -0.05) is 11.2 Å². The van der Waals surface area contributed by atoms with Crippen LogP contribution in [0.4, 0.5) is 4.39 Å². The minimum Gasteiger partial charge on any atom is -0.375 e. The molecule has 2 saturated heterocycles. The molecular formula is C20H23FN4O4. The number of carbonyl (C=O) groups is 2. The first-order valence-electron chi connectivity index (χ1n) is 9.45. The summed E-state index contributed by atoms with van der Waals surface area (Å²) in [6.45, 7) is 5.18. The second kappa shape index (κ2) is 7.22. The van der Waals surface area contributed by atoms with Crippen LogP contribution in [0.1, 0.15) is 33.6 Å². The highest BCUT2D eigenvalue weighted by Crippen LogP contribution is 2.49. The van der Waals surface area contributed by atoms with Crippen LogP contribution in [-0.2, 0) is 9.53 Å². The molecule has 2 aliphatic heterocycles. The zero-order valence-corrected chi connectivity index (χ0v) is 16.6. The number of halogens is 1. The summed E-state index contributed by atoms with van der Waals surface area (Å²) in [6.07, 6.45) is 0. The molecule has 1 aromatic heterocycles. The number of aromatic nitrogens is 2. The Morgan fingerprint density at radius 1 is 1.28 bits per heavy atom. The van der Waals surface area contributed by atoms with Crippen molar-refractivity contribution in [2.75, 3.05) is 39.9 Å². The van der Waals surface area contributed by atoms with Crippen LogP contribution in [0.3, 0.4) is 0 Å². The minimum absolute atomic E-state index is 0.00303. The van der Waals surface area contributed by atoms with Crippen molar-refractivity contribution in [1.82, 2.24) is 19.9 Å². The molecule has 0 radical (unpaired) electrons. The average Bonchev–Trinajstić information content (AvgIpc) is 3.26. The minimum atomic E-state index is -0.400. The maximum atomic E-state index is 13.9. The highest BCUT2D eigenvalue weighted by molar-refractivity contribution is 5.95. The number of hydrogen-bond donors (Lipinski definition) is 0. The molecule has 0 N–H and O–H groups in total. The zero-order valence-electron chi connectivity index (χ0n) is 16.6. The van der Waals surface area contributed by atoms with E-state index >= 15 is 0 Å². The summed E-state index contributed by atoms with van der Waals surface area (Å²) < 4.78 is 24.2. The first-order chi connectivity index (χ1) is 13.8. The summed E-state index contributed by atoms with van der Waals surface area (Å²) in [5, 5.41) is 3.87. The van der Waals surface area contributed by atoms with Crippen LogP contribution in [0.15, 0.2) is 22.7 Å². The van der Waals surface area contributed by atoms with E-state index in [1.165, 1.54) is 13.2 Å². The van der Waals surface area contributed by atoms with Crippen molar-refractivity contribution in [3.8, 4) is 0 Å². The Hall–Kier alpha value is -2.81. The van der Waals surface area contributed by atoms with Crippen LogP contribution in [0.25, 0.3) is 0 Å². The summed E-state index contributed by atoms with van der Waals surface area (Å²) in [5.41, 5.74) is 0.455. The predicted octanol–water partition coefficient (Wildman–Crippen LogP) is 1.54. The molecule has 1 atom stereocenters. The maximum Gasteiger partial charge on any atom is 0.253 e. The maximum absolute atomic E-state index is 13.9. The Labute approximate surface area is 167 Å². The Bertz CT molecular complexity index is 954. The number of carbonyl (C=O) groups excluding carboxylic acids is 2. The quantitative estimate of drug-likeness (QED) is 0.771. The second-order valence-electron chi connectivity index (χ2n) is 7.93. The number of ether oxygens (including phenoxy) is 1. The summed E-state index contributed by atoms with van der Waals surface area (Å²) in [4.78, 5) is 32.9. The van der Waals surface area contributed by atoms with Crippen molar-refractivity contribution in [3.05, 3.63) is 46.9 Å². The van der Waals surface area contributed by atoms with E-state index in [1.54, 1.807) is 35.8 Å². The van der Waals surface area contributed by atoms with Gasteiger partial charge in [0.25, 0.3) is 5.91 Å². The fraction of sp³-hybridized carbons (Fsp3) is 0.500. The van der Waals surface area contributed by atoms with E-state index in [1.807, 2.05) is 0 Å². The molecule has 2 aromatic rings. The molecule has 2 fully saturated rings. The third-order valence-electron chi connectivity index (χ3n) is 5.83. The van der Waals surface area contributed by atoms with E-state index in [0.29, 0.717) is 49.0 Å². The lowest BCUT2D eigenvalue weighted by atomic mass is 9.71. The molecule has 1 spiro atoms. The number of rotatable bonds is 4. The van der Waals surface area contributed by atoms with Crippen LogP contribution in [0, 0.1) is 25.1 Å². The lowest BCUT2D eigenvalue weighted by Crippen LogP contribution is -2.61. The number of hydrogen-bond acceptors (Lipinski definition) is 6. The van der Waals surface area contributed by atoms with Gasteiger partial charge < -0.3 is 19.1 Å². The number of nitrogens with zero attached hydrogens (tertiary/aromatic N) is 4. The van der Waals surface area contributed by atoms with Gasteiger partial charge in [-0.05, 0) is 31.5 Å². The molecule has 154 valence electrons. The molecule has 1 unspecified atom stereocenters. The molecule has 2 aliphatic rings. The monoisotopic (exact) mass is 402 g/mol. The lowest BCUT2D eigenvalue weighted by Gasteiger charge is -2.50. The molecular weight excluding hydrogens is 379 g/mol. The molecule has 0 saturated carbocycles. The van der Waals surface area contributed by atoms with Gasteiger partial charge in [-0.3, -0.25) is 9.59 Å². The Balaban J connectivity index is 1.54. The molecule has 0 bridgehead atoms. The Morgan fingerprint density at radius 3 is 2.62 bits per heavy atom. The number of likely N-dealkylation sites (tertiary alicyclic amines) is 2. The Morgan fingerprint density at radius 2 is 2.00 bits per heavy atom. The number of benzene rings is 1.